The summed E-state index contributed by atoms with van der Waals surface area (Å²) in [6.45, 7) is 4.05. The van der Waals surface area contributed by atoms with Gasteiger partial charge in [-0.3, -0.25) is 4.57 Å². The van der Waals surface area contributed by atoms with Crippen molar-refractivity contribution in [3.05, 3.63) is 85.0 Å². The summed E-state index contributed by atoms with van der Waals surface area (Å²) < 4.78 is 12.9. The Kier molecular flexibility index (Phi) is 8.09. The smallest absolute Gasteiger partial charge is 0.225 e. The van der Waals surface area contributed by atoms with Crippen molar-refractivity contribution < 1.29 is 9.47 Å². The second-order valence-electron chi connectivity index (χ2n) is 8.62. The Morgan fingerprint density at radius 2 is 1.76 bits per heavy atom. The average Bonchev–Trinajstić information content (AvgIpc) is 3.51. The van der Waals surface area contributed by atoms with Crippen LogP contribution in [0.15, 0.2) is 73.8 Å². The minimum Gasteiger partial charge on any atom is -0.382 e. The Balaban J connectivity index is 1.24. The number of imidazole rings is 1. The number of piperazine rings is 1. The molecule has 10 nitrogen and oxygen atoms in total. The van der Waals surface area contributed by atoms with Crippen molar-refractivity contribution >= 4 is 23.9 Å². The second kappa shape index (κ2) is 12.2. The molecule has 0 amide bonds. The Hall–Kier alpha value is -4.15. The molecule has 1 fully saturated rings. The highest BCUT2D eigenvalue weighted by Crippen LogP contribution is 2.21. The van der Waals surface area contributed by atoms with Gasteiger partial charge in [-0.2, -0.15) is 0 Å². The van der Waals surface area contributed by atoms with E-state index in [0.717, 1.165) is 42.4 Å². The van der Waals surface area contributed by atoms with Crippen LogP contribution in [0.25, 0.3) is 18.0 Å². The fourth-order valence-electron chi connectivity index (χ4n) is 4.17. The van der Waals surface area contributed by atoms with Crippen LogP contribution in [-0.2, 0) is 9.47 Å². The summed E-state index contributed by atoms with van der Waals surface area (Å²) in [7, 11) is 1.68. The zero-order valence-corrected chi connectivity index (χ0v) is 20.8. The van der Waals surface area contributed by atoms with Crippen LogP contribution in [0.1, 0.15) is 11.1 Å². The molecule has 4 aromatic heterocycles. The highest BCUT2D eigenvalue weighted by atomic mass is 16.5. The largest absolute Gasteiger partial charge is 0.382 e. The van der Waals surface area contributed by atoms with E-state index < -0.39 is 0 Å². The number of ether oxygens (including phenoxy) is 2. The van der Waals surface area contributed by atoms with Gasteiger partial charge in [0, 0.05) is 69.5 Å². The molecule has 0 aliphatic carbocycles. The van der Waals surface area contributed by atoms with Gasteiger partial charge in [-0.15, -0.1) is 0 Å². The van der Waals surface area contributed by atoms with Crippen molar-refractivity contribution in [2.75, 3.05) is 56.4 Å². The van der Waals surface area contributed by atoms with E-state index in [1.807, 2.05) is 78.0 Å². The van der Waals surface area contributed by atoms with Gasteiger partial charge in [0.2, 0.25) is 5.95 Å². The van der Waals surface area contributed by atoms with Crippen LogP contribution in [0.3, 0.4) is 0 Å². The molecule has 1 atom stereocenters. The molecule has 0 radical (unpaired) electrons. The van der Waals surface area contributed by atoms with Gasteiger partial charge >= 0.3 is 0 Å². The van der Waals surface area contributed by atoms with Crippen molar-refractivity contribution in [3.63, 3.8) is 0 Å². The van der Waals surface area contributed by atoms with Gasteiger partial charge in [-0.05, 0) is 29.8 Å². The van der Waals surface area contributed by atoms with E-state index >= 15 is 0 Å². The van der Waals surface area contributed by atoms with Gasteiger partial charge in [0.1, 0.15) is 18.0 Å². The zero-order valence-electron chi connectivity index (χ0n) is 20.8. The third kappa shape index (κ3) is 6.35. The normalized spacial score (nSPS) is 16.0. The molecular weight excluding hydrogens is 468 g/mol. The number of methoxy groups -OCH3 is 1. The van der Waals surface area contributed by atoms with E-state index in [-0.39, 0.29) is 6.04 Å². The molecule has 5 rings (SSSR count). The van der Waals surface area contributed by atoms with Crippen LogP contribution in [0.4, 0.5) is 11.8 Å². The van der Waals surface area contributed by atoms with Crippen molar-refractivity contribution in [3.8, 4) is 5.82 Å². The molecule has 0 unspecified atom stereocenters. The van der Waals surface area contributed by atoms with E-state index in [1.165, 1.54) is 0 Å². The Labute approximate surface area is 216 Å². The molecule has 0 spiro atoms. The maximum atomic E-state index is 5.90. The Bertz CT molecular complexity index is 1250. The first kappa shape index (κ1) is 24.5. The Morgan fingerprint density at radius 1 is 0.892 bits per heavy atom. The second-order valence-corrected chi connectivity index (χ2v) is 8.62. The molecule has 1 aliphatic rings. The van der Waals surface area contributed by atoms with Crippen LogP contribution < -0.4 is 9.80 Å². The van der Waals surface area contributed by atoms with Crippen LogP contribution in [0.5, 0.6) is 0 Å². The first-order chi connectivity index (χ1) is 18.3. The lowest BCUT2D eigenvalue weighted by atomic mass is 10.1. The molecule has 10 heteroatoms. The predicted molar refractivity (Wildman–Crippen MR) is 143 cm³/mol. The summed E-state index contributed by atoms with van der Waals surface area (Å²) in [6, 6.07) is 10.1. The van der Waals surface area contributed by atoms with Gasteiger partial charge in [-0.25, -0.2) is 24.9 Å². The molecule has 190 valence electrons. The van der Waals surface area contributed by atoms with E-state index in [0.29, 0.717) is 25.8 Å². The van der Waals surface area contributed by atoms with Gasteiger partial charge < -0.3 is 19.3 Å². The van der Waals surface area contributed by atoms with Crippen molar-refractivity contribution in [1.29, 1.82) is 0 Å². The third-order valence-corrected chi connectivity index (χ3v) is 6.12. The number of rotatable bonds is 10. The van der Waals surface area contributed by atoms with Gasteiger partial charge in [-0.1, -0.05) is 18.2 Å². The summed E-state index contributed by atoms with van der Waals surface area (Å²) in [4.78, 5) is 26.9. The van der Waals surface area contributed by atoms with Crippen LogP contribution in [-0.4, -0.2) is 82.1 Å². The lowest BCUT2D eigenvalue weighted by molar-refractivity contribution is 0.0619. The van der Waals surface area contributed by atoms with Gasteiger partial charge in [0.15, 0.2) is 0 Å². The SMILES string of the molecule is COCCOC[C@H]1CN(c2ccccn2)CCN1c1ncc(/C=C/c2ccc(-n3ccnc3)nc2)cn1. The van der Waals surface area contributed by atoms with Gasteiger partial charge in [0.25, 0.3) is 0 Å². The van der Waals surface area contributed by atoms with Crippen molar-refractivity contribution in [2.24, 2.45) is 0 Å². The molecule has 0 bridgehead atoms. The lowest BCUT2D eigenvalue weighted by Gasteiger charge is -2.41. The van der Waals surface area contributed by atoms with Crippen LogP contribution in [0.2, 0.25) is 0 Å². The zero-order chi connectivity index (χ0) is 25.3. The fourth-order valence-corrected chi connectivity index (χ4v) is 4.17. The standard InChI is InChI=1S/C27H30N8O2/c1-36-14-15-37-20-24-19-33(25-4-2-3-9-29-25)12-13-35(24)27-31-17-23(18-32-27)6-5-22-7-8-26(30-16-22)34-11-10-28-21-34/h2-11,16-18,21,24H,12-15,19-20H2,1H3/b6-5+/t24-/m1/s1. The van der Waals surface area contributed by atoms with E-state index in [9.17, 15) is 0 Å². The van der Waals surface area contributed by atoms with E-state index in [2.05, 4.69) is 34.7 Å². The van der Waals surface area contributed by atoms with Gasteiger partial charge in [0.05, 0.1) is 25.9 Å². The molecule has 0 aromatic carbocycles. The quantitative estimate of drug-likeness (QED) is 0.306. The maximum Gasteiger partial charge on any atom is 0.225 e. The number of anilines is 2. The fraction of sp³-hybridized carbons (Fsp3) is 0.296. The van der Waals surface area contributed by atoms with Crippen LogP contribution in [0, 0.1) is 0 Å². The van der Waals surface area contributed by atoms with Crippen LogP contribution >= 0.6 is 0 Å². The van der Waals surface area contributed by atoms with Crippen molar-refractivity contribution in [2.45, 2.75) is 6.04 Å². The Morgan fingerprint density at radius 3 is 2.49 bits per heavy atom. The van der Waals surface area contributed by atoms with E-state index in [4.69, 9.17) is 9.47 Å². The first-order valence-electron chi connectivity index (χ1n) is 12.2. The van der Waals surface area contributed by atoms with E-state index in [1.54, 1.807) is 19.6 Å². The summed E-state index contributed by atoms with van der Waals surface area (Å²) in [6.07, 6.45) is 16.7. The number of hydrogen-bond acceptors (Lipinski definition) is 9. The molecule has 5 heterocycles. The minimum atomic E-state index is 0.0918. The molecule has 0 saturated carbocycles. The number of hydrogen-bond donors (Lipinski definition) is 0. The summed E-state index contributed by atoms with van der Waals surface area (Å²) in [5.74, 6) is 2.49. The topological polar surface area (TPSA) is 94.3 Å². The molecule has 1 saturated heterocycles. The minimum absolute atomic E-state index is 0.0918. The first-order valence-corrected chi connectivity index (χ1v) is 12.2. The highest BCUT2D eigenvalue weighted by molar-refractivity contribution is 5.68. The molecule has 37 heavy (non-hydrogen) atoms. The molecular formula is C27H30N8O2. The van der Waals surface area contributed by atoms with Crippen molar-refractivity contribution in [1.82, 2.24) is 29.5 Å². The summed E-state index contributed by atoms with van der Waals surface area (Å²) in [5.41, 5.74) is 1.91. The number of pyridine rings is 2. The average molecular weight is 499 g/mol. The molecule has 1 aliphatic heterocycles. The highest BCUT2D eigenvalue weighted by Gasteiger charge is 2.29. The summed E-state index contributed by atoms with van der Waals surface area (Å²) in [5, 5.41) is 0. The monoisotopic (exact) mass is 498 g/mol. The molecule has 4 aromatic rings. The predicted octanol–water partition coefficient (Wildman–Crippen LogP) is 2.98. The maximum absolute atomic E-state index is 5.90. The molecule has 0 N–H and O–H groups in total. The lowest BCUT2D eigenvalue weighted by Crippen LogP contribution is -2.56. The number of aromatic nitrogens is 6. The summed E-state index contributed by atoms with van der Waals surface area (Å²) >= 11 is 0. The third-order valence-electron chi connectivity index (χ3n) is 6.12. The number of nitrogens with zero attached hydrogens (tertiary/aromatic N) is 8.